The predicted octanol–water partition coefficient (Wildman–Crippen LogP) is 5.34. The number of benzene rings is 2. The second-order valence-electron chi connectivity index (χ2n) is 4.29. The van der Waals surface area contributed by atoms with E-state index >= 15 is 0 Å². The van der Waals surface area contributed by atoms with Crippen LogP contribution in [0.4, 0.5) is 0 Å². The molecule has 94 valence electrons. The average Bonchev–Trinajstić information content (AvgIpc) is 3.02. The summed E-state index contributed by atoms with van der Waals surface area (Å²) in [6.45, 7) is 0. The molecule has 19 heavy (non-hydrogen) atoms. The van der Waals surface area contributed by atoms with Crippen molar-refractivity contribution in [2.45, 2.75) is 4.90 Å². The standard InChI is InChI=1S/C17H14OS/c1-19-16-9-7-13(8-10-16)14-4-2-5-15(12-14)17-6-3-11-18-17/h2-12H,1H3. The Labute approximate surface area is 117 Å². The first kappa shape index (κ1) is 12.1. The molecule has 0 aliphatic heterocycles. The van der Waals surface area contributed by atoms with Crippen molar-refractivity contribution in [2.75, 3.05) is 6.26 Å². The van der Waals surface area contributed by atoms with Gasteiger partial charge in [-0.2, -0.15) is 0 Å². The van der Waals surface area contributed by atoms with E-state index in [0.29, 0.717) is 0 Å². The monoisotopic (exact) mass is 266 g/mol. The molecule has 3 aromatic rings. The van der Waals surface area contributed by atoms with E-state index in [1.165, 1.54) is 16.0 Å². The van der Waals surface area contributed by atoms with Crippen LogP contribution in [0.25, 0.3) is 22.5 Å². The van der Waals surface area contributed by atoms with Crippen LogP contribution in [0.1, 0.15) is 0 Å². The number of thioether (sulfide) groups is 1. The van der Waals surface area contributed by atoms with Crippen molar-refractivity contribution in [3.8, 4) is 22.5 Å². The van der Waals surface area contributed by atoms with Gasteiger partial charge in [-0.1, -0.05) is 30.3 Å². The summed E-state index contributed by atoms with van der Waals surface area (Å²) in [4.78, 5) is 1.28. The van der Waals surface area contributed by atoms with E-state index in [2.05, 4.69) is 54.8 Å². The first-order chi connectivity index (χ1) is 9.36. The number of hydrogen-bond donors (Lipinski definition) is 0. The first-order valence-electron chi connectivity index (χ1n) is 6.15. The van der Waals surface area contributed by atoms with Gasteiger partial charge in [-0.15, -0.1) is 11.8 Å². The van der Waals surface area contributed by atoms with E-state index in [-0.39, 0.29) is 0 Å². The molecule has 0 bridgehead atoms. The van der Waals surface area contributed by atoms with Gasteiger partial charge < -0.3 is 4.42 Å². The van der Waals surface area contributed by atoms with E-state index in [4.69, 9.17) is 4.42 Å². The largest absolute Gasteiger partial charge is 0.464 e. The zero-order chi connectivity index (χ0) is 13.1. The van der Waals surface area contributed by atoms with Gasteiger partial charge in [0.2, 0.25) is 0 Å². The molecule has 0 radical (unpaired) electrons. The van der Waals surface area contributed by atoms with Crippen LogP contribution in [-0.2, 0) is 0 Å². The van der Waals surface area contributed by atoms with Crippen LogP contribution in [0.15, 0.2) is 76.2 Å². The molecule has 0 N–H and O–H groups in total. The second kappa shape index (κ2) is 5.37. The van der Waals surface area contributed by atoms with E-state index < -0.39 is 0 Å². The highest BCUT2D eigenvalue weighted by Gasteiger charge is 2.03. The summed E-state index contributed by atoms with van der Waals surface area (Å²) in [5, 5.41) is 0. The lowest BCUT2D eigenvalue weighted by Crippen LogP contribution is -1.80. The number of furan rings is 1. The highest BCUT2D eigenvalue weighted by molar-refractivity contribution is 7.98. The van der Waals surface area contributed by atoms with Crippen molar-refractivity contribution >= 4 is 11.8 Å². The molecular weight excluding hydrogens is 252 g/mol. The Hall–Kier alpha value is -1.93. The zero-order valence-electron chi connectivity index (χ0n) is 10.7. The van der Waals surface area contributed by atoms with Crippen LogP contribution in [0.2, 0.25) is 0 Å². The molecule has 0 atom stereocenters. The minimum absolute atomic E-state index is 0.905. The van der Waals surface area contributed by atoms with Crippen molar-refractivity contribution < 1.29 is 4.42 Å². The maximum absolute atomic E-state index is 5.44. The fourth-order valence-corrected chi connectivity index (χ4v) is 2.49. The lowest BCUT2D eigenvalue weighted by Gasteiger charge is -2.05. The van der Waals surface area contributed by atoms with Crippen molar-refractivity contribution in [1.82, 2.24) is 0 Å². The van der Waals surface area contributed by atoms with E-state index in [9.17, 15) is 0 Å². The highest BCUT2D eigenvalue weighted by Crippen LogP contribution is 2.27. The van der Waals surface area contributed by atoms with Crippen molar-refractivity contribution in [3.63, 3.8) is 0 Å². The molecule has 1 nitrogen and oxygen atoms in total. The summed E-state index contributed by atoms with van der Waals surface area (Å²) in [6, 6.07) is 20.9. The van der Waals surface area contributed by atoms with Crippen LogP contribution in [0.3, 0.4) is 0 Å². The molecule has 0 saturated carbocycles. The third-order valence-corrected chi connectivity index (χ3v) is 3.84. The summed E-state index contributed by atoms with van der Waals surface area (Å²) in [6.07, 6.45) is 3.79. The topological polar surface area (TPSA) is 13.1 Å². The number of hydrogen-bond acceptors (Lipinski definition) is 2. The molecule has 0 unspecified atom stereocenters. The van der Waals surface area contributed by atoms with Gasteiger partial charge in [0.05, 0.1) is 6.26 Å². The Morgan fingerprint density at radius 3 is 2.26 bits per heavy atom. The van der Waals surface area contributed by atoms with E-state index in [0.717, 1.165) is 11.3 Å². The van der Waals surface area contributed by atoms with Gasteiger partial charge in [0.25, 0.3) is 0 Å². The van der Waals surface area contributed by atoms with Gasteiger partial charge in [-0.3, -0.25) is 0 Å². The quantitative estimate of drug-likeness (QED) is 0.594. The molecule has 1 heterocycles. The van der Waals surface area contributed by atoms with E-state index in [1.807, 2.05) is 12.1 Å². The SMILES string of the molecule is CSc1ccc(-c2cccc(-c3ccco3)c2)cc1. The summed E-state index contributed by atoms with van der Waals surface area (Å²) < 4.78 is 5.44. The highest BCUT2D eigenvalue weighted by atomic mass is 32.2. The number of rotatable bonds is 3. The van der Waals surface area contributed by atoms with Gasteiger partial charge in [0.1, 0.15) is 5.76 Å². The second-order valence-corrected chi connectivity index (χ2v) is 5.17. The zero-order valence-corrected chi connectivity index (χ0v) is 11.5. The Morgan fingerprint density at radius 2 is 1.58 bits per heavy atom. The Morgan fingerprint density at radius 1 is 0.789 bits per heavy atom. The molecule has 2 aromatic carbocycles. The Balaban J connectivity index is 1.98. The third-order valence-electron chi connectivity index (χ3n) is 3.09. The first-order valence-corrected chi connectivity index (χ1v) is 7.38. The molecule has 0 aliphatic rings. The molecular formula is C17H14OS. The van der Waals surface area contributed by atoms with Crippen LogP contribution >= 0.6 is 11.8 Å². The smallest absolute Gasteiger partial charge is 0.133 e. The van der Waals surface area contributed by atoms with Crippen LogP contribution in [-0.4, -0.2) is 6.26 Å². The summed E-state index contributed by atoms with van der Waals surface area (Å²) >= 11 is 1.76. The molecule has 0 fully saturated rings. The summed E-state index contributed by atoms with van der Waals surface area (Å²) in [5.74, 6) is 0.905. The van der Waals surface area contributed by atoms with Crippen molar-refractivity contribution in [2.24, 2.45) is 0 Å². The van der Waals surface area contributed by atoms with Gasteiger partial charge in [0, 0.05) is 10.5 Å². The Bertz CT molecular complexity index is 654. The van der Waals surface area contributed by atoms with E-state index in [1.54, 1.807) is 18.0 Å². The average molecular weight is 266 g/mol. The van der Waals surface area contributed by atoms with Crippen LogP contribution < -0.4 is 0 Å². The summed E-state index contributed by atoms with van der Waals surface area (Å²) in [7, 11) is 0. The van der Waals surface area contributed by atoms with Gasteiger partial charge in [-0.25, -0.2) is 0 Å². The molecule has 0 saturated heterocycles. The molecule has 0 spiro atoms. The van der Waals surface area contributed by atoms with Gasteiger partial charge in [0.15, 0.2) is 0 Å². The maximum Gasteiger partial charge on any atom is 0.133 e. The lowest BCUT2D eigenvalue weighted by atomic mass is 10.0. The molecule has 0 amide bonds. The minimum Gasteiger partial charge on any atom is -0.464 e. The van der Waals surface area contributed by atoms with Gasteiger partial charge in [-0.05, 0) is 47.7 Å². The van der Waals surface area contributed by atoms with Crippen molar-refractivity contribution in [1.29, 1.82) is 0 Å². The normalized spacial score (nSPS) is 10.6. The molecule has 0 aliphatic carbocycles. The Kier molecular flexibility index (Phi) is 3.43. The molecule has 3 rings (SSSR count). The van der Waals surface area contributed by atoms with Crippen LogP contribution in [0, 0.1) is 0 Å². The summed E-state index contributed by atoms with van der Waals surface area (Å²) in [5.41, 5.74) is 3.55. The molecule has 1 aromatic heterocycles. The van der Waals surface area contributed by atoms with Gasteiger partial charge >= 0.3 is 0 Å². The fourth-order valence-electron chi connectivity index (χ4n) is 2.08. The maximum atomic E-state index is 5.44. The lowest BCUT2D eigenvalue weighted by molar-refractivity contribution is 0.582. The van der Waals surface area contributed by atoms with Crippen LogP contribution in [0.5, 0.6) is 0 Å². The fraction of sp³-hybridized carbons (Fsp3) is 0.0588. The predicted molar refractivity (Wildman–Crippen MR) is 81.4 cm³/mol. The van der Waals surface area contributed by atoms with Crippen molar-refractivity contribution in [3.05, 3.63) is 66.9 Å². The molecule has 2 heteroatoms. The third kappa shape index (κ3) is 2.59. The minimum atomic E-state index is 0.905.